The molecule has 2 aliphatic heterocycles. The van der Waals surface area contributed by atoms with Gasteiger partial charge in [-0.3, -0.25) is 19.1 Å². The summed E-state index contributed by atoms with van der Waals surface area (Å²) in [7, 11) is 1.81. The van der Waals surface area contributed by atoms with Crippen molar-refractivity contribution in [1.82, 2.24) is 24.9 Å². The average molecular weight is 442 g/mol. The van der Waals surface area contributed by atoms with E-state index >= 15 is 0 Å². The van der Waals surface area contributed by atoms with Crippen molar-refractivity contribution >= 4 is 17.7 Å². The number of likely N-dealkylation sites (tertiary alicyclic amines) is 1. The number of carbonyl (C=O) groups is 3. The SMILES string of the molecule is CCNC(=O)C1CCN(C(=O)c2nn(C)c3c2CN(C(=O)c2ccc(F)cc2)CC3)CC1. The van der Waals surface area contributed by atoms with Crippen LogP contribution < -0.4 is 5.32 Å². The Hall–Kier alpha value is -3.23. The molecule has 9 heteroatoms. The maximum atomic E-state index is 13.3. The number of halogens is 1. The summed E-state index contributed by atoms with van der Waals surface area (Å²) in [5.74, 6) is -0.767. The molecule has 1 aromatic carbocycles. The summed E-state index contributed by atoms with van der Waals surface area (Å²) in [6, 6.07) is 5.49. The van der Waals surface area contributed by atoms with Gasteiger partial charge in [0.15, 0.2) is 5.69 Å². The van der Waals surface area contributed by atoms with E-state index in [1.165, 1.54) is 24.3 Å². The predicted molar refractivity (Wildman–Crippen MR) is 115 cm³/mol. The van der Waals surface area contributed by atoms with Gasteiger partial charge in [-0.15, -0.1) is 0 Å². The van der Waals surface area contributed by atoms with E-state index < -0.39 is 5.82 Å². The third-order valence-corrected chi connectivity index (χ3v) is 6.33. The van der Waals surface area contributed by atoms with E-state index in [1.54, 1.807) is 14.5 Å². The zero-order valence-electron chi connectivity index (χ0n) is 18.4. The molecule has 0 saturated carbocycles. The molecular formula is C23H28FN5O3. The fourth-order valence-corrected chi connectivity index (χ4v) is 4.53. The third kappa shape index (κ3) is 4.24. The summed E-state index contributed by atoms with van der Waals surface area (Å²) in [4.78, 5) is 41.7. The summed E-state index contributed by atoms with van der Waals surface area (Å²) in [6.07, 6.45) is 1.85. The van der Waals surface area contributed by atoms with Crippen LogP contribution >= 0.6 is 0 Å². The van der Waals surface area contributed by atoms with Crippen LogP contribution in [0.2, 0.25) is 0 Å². The quantitative estimate of drug-likeness (QED) is 0.783. The molecule has 1 aromatic heterocycles. The molecule has 3 heterocycles. The number of amides is 3. The summed E-state index contributed by atoms with van der Waals surface area (Å²) >= 11 is 0. The number of rotatable bonds is 4. The van der Waals surface area contributed by atoms with Crippen LogP contribution in [0.1, 0.15) is 51.9 Å². The zero-order valence-corrected chi connectivity index (χ0v) is 18.4. The topological polar surface area (TPSA) is 87.5 Å². The number of aryl methyl sites for hydroxylation is 1. The van der Waals surface area contributed by atoms with Gasteiger partial charge in [0, 0.05) is 62.4 Å². The number of piperidine rings is 1. The smallest absolute Gasteiger partial charge is 0.274 e. The number of benzene rings is 1. The number of nitrogens with one attached hydrogen (secondary N) is 1. The van der Waals surface area contributed by atoms with E-state index in [1.807, 2.05) is 14.0 Å². The van der Waals surface area contributed by atoms with E-state index in [9.17, 15) is 18.8 Å². The van der Waals surface area contributed by atoms with Gasteiger partial charge in [-0.05, 0) is 44.0 Å². The Morgan fingerprint density at radius 2 is 1.75 bits per heavy atom. The number of fused-ring (bicyclic) bond motifs is 1. The largest absolute Gasteiger partial charge is 0.356 e. The van der Waals surface area contributed by atoms with Crippen molar-refractivity contribution in [1.29, 1.82) is 0 Å². The fraction of sp³-hybridized carbons (Fsp3) is 0.478. The summed E-state index contributed by atoms with van der Waals surface area (Å²) in [5.41, 5.74) is 2.51. The van der Waals surface area contributed by atoms with Crippen molar-refractivity contribution in [3.8, 4) is 0 Å². The highest BCUT2D eigenvalue weighted by molar-refractivity contribution is 5.96. The minimum atomic E-state index is -0.390. The fourth-order valence-electron chi connectivity index (χ4n) is 4.53. The van der Waals surface area contributed by atoms with Crippen LogP contribution in [0.5, 0.6) is 0 Å². The van der Waals surface area contributed by atoms with E-state index in [2.05, 4.69) is 10.4 Å². The number of hydrogen-bond donors (Lipinski definition) is 1. The maximum absolute atomic E-state index is 13.3. The minimum Gasteiger partial charge on any atom is -0.356 e. The van der Waals surface area contributed by atoms with Gasteiger partial charge in [0.25, 0.3) is 11.8 Å². The van der Waals surface area contributed by atoms with Crippen LogP contribution in [0.4, 0.5) is 4.39 Å². The van der Waals surface area contributed by atoms with Crippen molar-refractivity contribution in [3.63, 3.8) is 0 Å². The van der Waals surface area contributed by atoms with Gasteiger partial charge >= 0.3 is 0 Å². The number of carbonyl (C=O) groups excluding carboxylic acids is 3. The van der Waals surface area contributed by atoms with Gasteiger partial charge in [0.05, 0.1) is 6.54 Å². The van der Waals surface area contributed by atoms with Crippen molar-refractivity contribution < 1.29 is 18.8 Å². The average Bonchev–Trinajstić information content (AvgIpc) is 3.14. The van der Waals surface area contributed by atoms with Gasteiger partial charge in [0.2, 0.25) is 5.91 Å². The molecule has 2 aliphatic rings. The predicted octanol–water partition coefficient (Wildman–Crippen LogP) is 1.75. The lowest BCUT2D eigenvalue weighted by molar-refractivity contribution is -0.126. The molecule has 8 nitrogen and oxygen atoms in total. The minimum absolute atomic E-state index is 0.0461. The van der Waals surface area contributed by atoms with Crippen LogP contribution in [0.25, 0.3) is 0 Å². The van der Waals surface area contributed by atoms with Gasteiger partial charge in [-0.2, -0.15) is 5.10 Å². The number of nitrogens with zero attached hydrogens (tertiary/aromatic N) is 4. The number of aromatic nitrogens is 2. The highest BCUT2D eigenvalue weighted by Gasteiger charge is 2.33. The Morgan fingerprint density at radius 3 is 2.41 bits per heavy atom. The Balaban J connectivity index is 1.48. The first kappa shape index (κ1) is 22.0. The molecule has 2 aromatic rings. The van der Waals surface area contributed by atoms with E-state index in [0.717, 1.165) is 11.3 Å². The van der Waals surface area contributed by atoms with E-state index in [-0.39, 0.29) is 30.2 Å². The molecule has 170 valence electrons. The maximum Gasteiger partial charge on any atom is 0.274 e. The zero-order chi connectivity index (χ0) is 22.8. The third-order valence-electron chi connectivity index (χ3n) is 6.33. The normalized spacial score (nSPS) is 16.6. The van der Waals surface area contributed by atoms with Crippen LogP contribution in [-0.2, 0) is 24.8 Å². The second-order valence-electron chi connectivity index (χ2n) is 8.34. The number of hydrogen-bond acceptors (Lipinski definition) is 4. The van der Waals surface area contributed by atoms with Crippen molar-refractivity contribution in [2.45, 2.75) is 32.7 Å². The lowest BCUT2D eigenvalue weighted by atomic mass is 9.95. The van der Waals surface area contributed by atoms with Crippen molar-refractivity contribution in [2.75, 3.05) is 26.2 Å². The van der Waals surface area contributed by atoms with Crippen LogP contribution in [-0.4, -0.2) is 63.5 Å². The Morgan fingerprint density at radius 1 is 1.06 bits per heavy atom. The molecule has 0 unspecified atom stereocenters. The van der Waals surface area contributed by atoms with Gasteiger partial charge in [-0.25, -0.2) is 4.39 Å². The lowest BCUT2D eigenvalue weighted by Crippen LogP contribution is -2.43. The van der Waals surface area contributed by atoms with E-state index in [0.29, 0.717) is 56.7 Å². The Labute approximate surface area is 186 Å². The van der Waals surface area contributed by atoms with Crippen molar-refractivity contribution in [3.05, 3.63) is 52.6 Å². The second kappa shape index (κ2) is 9.10. The summed E-state index contributed by atoms with van der Waals surface area (Å²) in [6.45, 7) is 4.30. The Bertz CT molecular complexity index is 1020. The molecule has 0 spiro atoms. The van der Waals surface area contributed by atoms with Crippen LogP contribution in [0.15, 0.2) is 24.3 Å². The van der Waals surface area contributed by atoms with Crippen LogP contribution in [0, 0.1) is 11.7 Å². The molecule has 0 radical (unpaired) electrons. The van der Waals surface area contributed by atoms with Crippen LogP contribution in [0.3, 0.4) is 0 Å². The lowest BCUT2D eigenvalue weighted by Gasteiger charge is -2.32. The molecular weight excluding hydrogens is 413 g/mol. The summed E-state index contributed by atoms with van der Waals surface area (Å²) in [5, 5.41) is 7.34. The highest BCUT2D eigenvalue weighted by atomic mass is 19.1. The molecule has 0 atom stereocenters. The van der Waals surface area contributed by atoms with E-state index in [4.69, 9.17) is 0 Å². The molecule has 1 N–H and O–H groups in total. The Kier molecular flexibility index (Phi) is 6.25. The van der Waals surface area contributed by atoms with Crippen molar-refractivity contribution in [2.24, 2.45) is 13.0 Å². The molecule has 4 rings (SSSR count). The highest BCUT2D eigenvalue weighted by Crippen LogP contribution is 2.26. The van der Waals surface area contributed by atoms with Gasteiger partial charge in [0.1, 0.15) is 5.82 Å². The molecule has 0 aliphatic carbocycles. The molecule has 1 saturated heterocycles. The first-order chi connectivity index (χ1) is 15.4. The van der Waals surface area contributed by atoms with Gasteiger partial charge in [-0.1, -0.05) is 0 Å². The molecule has 0 bridgehead atoms. The summed E-state index contributed by atoms with van der Waals surface area (Å²) < 4.78 is 14.9. The molecule has 3 amide bonds. The molecule has 32 heavy (non-hydrogen) atoms. The first-order valence-electron chi connectivity index (χ1n) is 11.1. The second-order valence-corrected chi connectivity index (χ2v) is 8.34. The standard InChI is InChI=1S/C23H28FN5O3/c1-3-25-21(30)15-8-11-28(12-9-15)23(32)20-18-14-29(13-10-19(18)27(2)26-20)22(31)16-4-6-17(24)7-5-16/h4-7,15H,3,8-14H2,1-2H3,(H,25,30). The molecule has 1 fully saturated rings. The monoisotopic (exact) mass is 441 g/mol. The first-order valence-corrected chi connectivity index (χ1v) is 11.1. The van der Waals surface area contributed by atoms with Gasteiger partial charge < -0.3 is 15.1 Å².